The van der Waals surface area contributed by atoms with E-state index in [4.69, 9.17) is 11.1 Å². The fraction of sp³-hybridized carbons (Fsp3) is 0.100. The van der Waals surface area contributed by atoms with E-state index in [1.165, 1.54) is 12.4 Å². The molecule has 0 spiro atoms. The van der Waals surface area contributed by atoms with Gasteiger partial charge in [0.25, 0.3) is 0 Å². The van der Waals surface area contributed by atoms with Crippen LogP contribution in [-0.2, 0) is 0 Å². The summed E-state index contributed by atoms with van der Waals surface area (Å²) in [5, 5.41) is 6.69. The van der Waals surface area contributed by atoms with Gasteiger partial charge in [0.05, 0.1) is 0 Å². The number of allylic oxidation sites excluding steroid dienone is 7. The Balaban J connectivity index is 3.48. The molecular formula is C10H14N2. The van der Waals surface area contributed by atoms with E-state index in [9.17, 15) is 0 Å². The molecule has 0 bridgehead atoms. The van der Waals surface area contributed by atoms with Crippen LogP contribution < -0.4 is 5.73 Å². The van der Waals surface area contributed by atoms with Crippen molar-refractivity contribution in [2.75, 3.05) is 0 Å². The molecule has 2 heteroatoms. The highest BCUT2D eigenvalue weighted by Gasteiger charge is 1.66. The topological polar surface area (TPSA) is 49.9 Å². The lowest BCUT2D eigenvalue weighted by atomic mass is 10.3. The van der Waals surface area contributed by atoms with Gasteiger partial charge in [0.15, 0.2) is 0 Å². The van der Waals surface area contributed by atoms with Crippen LogP contribution in [0.5, 0.6) is 0 Å². The monoisotopic (exact) mass is 162 g/mol. The SMILES string of the molecule is N=C/C=C\C=C\C/C=C\C=C/N. The molecule has 64 valence electrons. The van der Waals surface area contributed by atoms with E-state index in [0.29, 0.717) is 0 Å². The minimum Gasteiger partial charge on any atom is -0.405 e. The second-order valence-electron chi connectivity index (χ2n) is 2.03. The first-order chi connectivity index (χ1) is 5.91. The van der Waals surface area contributed by atoms with Gasteiger partial charge in [0, 0.05) is 6.21 Å². The number of nitrogens with two attached hydrogens (primary N) is 1. The molecule has 0 amide bonds. The minimum absolute atomic E-state index is 0.882. The van der Waals surface area contributed by atoms with E-state index in [0.717, 1.165) is 6.42 Å². The van der Waals surface area contributed by atoms with Crippen LogP contribution in [0.25, 0.3) is 0 Å². The zero-order chi connectivity index (χ0) is 9.07. The number of rotatable bonds is 5. The lowest BCUT2D eigenvalue weighted by molar-refractivity contribution is 1.39. The van der Waals surface area contributed by atoms with Crippen LogP contribution in [0.1, 0.15) is 6.42 Å². The van der Waals surface area contributed by atoms with Crippen molar-refractivity contribution in [3.8, 4) is 0 Å². The molecule has 0 saturated heterocycles. The van der Waals surface area contributed by atoms with Crippen molar-refractivity contribution in [1.82, 2.24) is 0 Å². The Labute approximate surface area is 73.3 Å². The van der Waals surface area contributed by atoms with E-state index in [2.05, 4.69) is 0 Å². The summed E-state index contributed by atoms with van der Waals surface area (Å²) in [6.07, 6.45) is 16.7. The van der Waals surface area contributed by atoms with Crippen molar-refractivity contribution in [2.24, 2.45) is 5.73 Å². The molecule has 3 N–H and O–H groups in total. The van der Waals surface area contributed by atoms with Crippen molar-refractivity contribution in [2.45, 2.75) is 6.42 Å². The third-order valence-corrected chi connectivity index (χ3v) is 1.09. The molecule has 0 heterocycles. The Kier molecular flexibility index (Phi) is 8.20. The van der Waals surface area contributed by atoms with Crippen LogP contribution in [0, 0.1) is 5.41 Å². The fourth-order valence-electron chi connectivity index (χ4n) is 0.577. The Morgan fingerprint density at radius 1 is 0.917 bits per heavy atom. The molecule has 0 aromatic rings. The maximum absolute atomic E-state index is 6.69. The summed E-state index contributed by atoms with van der Waals surface area (Å²) in [6.45, 7) is 0. The smallest absolute Gasteiger partial charge is 0.0177 e. The van der Waals surface area contributed by atoms with Gasteiger partial charge >= 0.3 is 0 Å². The molecule has 0 unspecified atom stereocenters. The first-order valence-electron chi connectivity index (χ1n) is 3.77. The maximum atomic E-state index is 6.69. The van der Waals surface area contributed by atoms with Crippen molar-refractivity contribution in [3.63, 3.8) is 0 Å². The standard InChI is InChI=1S/C10H14N2/c11-9-7-5-3-1-2-4-6-8-10-12/h1,3-11H,2,12H2/b3-1+,6-4-,7-5-,10-8-,11-9?. The van der Waals surface area contributed by atoms with E-state index in [1.54, 1.807) is 12.2 Å². The Morgan fingerprint density at radius 2 is 1.58 bits per heavy atom. The van der Waals surface area contributed by atoms with Crippen LogP contribution >= 0.6 is 0 Å². The fourth-order valence-corrected chi connectivity index (χ4v) is 0.577. The van der Waals surface area contributed by atoms with Crippen LogP contribution in [-0.4, -0.2) is 6.21 Å². The minimum atomic E-state index is 0.882. The molecule has 0 aliphatic carbocycles. The first-order valence-corrected chi connectivity index (χ1v) is 3.77. The summed E-state index contributed by atoms with van der Waals surface area (Å²) in [4.78, 5) is 0. The van der Waals surface area contributed by atoms with Crippen LogP contribution in [0.15, 0.2) is 48.7 Å². The highest BCUT2D eigenvalue weighted by atomic mass is 14.5. The van der Waals surface area contributed by atoms with Gasteiger partial charge in [-0.25, -0.2) is 0 Å². The Morgan fingerprint density at radius 3 is 2.17 bits per heavy atom. The van der Waals surface area contributed by atoms with Crippen molar-refractivity contribution in [1.29, 1.82) is 5.41 Å². The van der Waals surface area contributed by atoms with Gasteiger partial charge < -0.3 is 11.1 Å². The summed E-state index contributed by atoms with van der Waals surface area (Å²) < 4.78 is 0. The van der Waals surface area contributed by atoms with Crippen molar-refractivity contribution >= 4 is 6.21 Å². The molecule has 0 saturated carbocycles. The second-order valence-corrected chi connectivity index (χ2v) is 2.03. The van der Waals surface area contributed by atoms with Gasteiger partial charge in [0.1, 0.15) is 0 Å². The van der Waals surface area contributed by atoms with Crippen LogP contribution in [0.4, 0.5) is 0 Å². The number of hydrogen-bond acceptors (Lipinski definition) is 2. The predicted octanol–water partition coefficient (Wildman–Crippen LogP) is 2.17. The van der Waals surface area contributed by atoms with Crippen molar-refractivity contribution in [3.05, 3.63) is 48.7 Å². The van der Waals surface area contributed by atoms with Gasteiger partial charge in [0.2, 0.25) is 0 Å². The molecule has 2 nitrogen and oxygen atoms in total. The Hall–Kier alpha value is -1.57. The molecule has 0 atom stereocenters. The third-order valence-electron chi connectivity index (χ3n) is 1.09. The highest BCUT2D eigenvalue weighted by Crippen LogP contribution is 1.86. The lowest BCUT2D eigenvalue weighted by Crippen LogP contribution is -1.72. The summed E-state index contributed by atoms with van der Waals surface area (Å²) in [5.41, 5.74) is 5.12. The molecule has 0 aliphatic heterocycles. The summed E-state index contributed by atoms with van der Waals surface area (Å²) in [5.74, 6) is 0. The van der Waals surface area contributed by atoms with Gasteiger partial charge in [-0.3, -0.25) is 0 Å². The molecule has 0 aliphatic rings. The highest BCUT2D eigenvalue weighted by molar-refractivity contribution is 5.68. The Bertz CT molecular complexity index is 210. The van der Waals surface area contributed by atoms with Gasteiger partial charge in [-0.1, -0.05) is 30.4 Å². The molecule has 0 rings (SSSR count). The van der Waals surface area contributed by atoms with Gasteiger partial charge in [-0.15, -0.1) is 0 Å². The zero-order valence-corrected chi connectivity index (χ0v) is 6.98. The largest absolute Gasteiger partial charge is 0.405 e. The van der Waals surface area contributed by atoms with Gasteiger partial charge in [-0.2, -0.15) is 0 Å². The quantitative estimate of drug-likeness (QED) is 0.472. The molecule has 0 aromatic carbocycles. The normalized spacial score (nSPS) is 12.7. The summed E-state index contributed by atoms with van der Waals surface area (Å²) in [7, 11) is 0. The summed E-state index contributed by atoms with van der Waals surface area (Å²) >= 11 is 0. The van der Waals surface area contributed by atoms with Crippen molar-refractivity contribution < 1.29 is 0 Å². The molecule has 0 radical (unpaired) electrons. The molecule has 0 aromatic heterocycles. The van der Waals surface area contributed by atoms with Crippen LogP contribution in [0.2, 0.25) is 0 Å². The molecule has 12 heavy (non-hydrogen) atoms. The van der Waals surface area contributed by atoms with E-state index in [1.807, 2.05) is 30.4 Å². The van der Waals surface area contributed by atoms with E-state index >= 15 is 0 Å². The zero-order valence-electron chi connectivity index (χ0n) is 6.98. The number of nitrogens with one attached hydrogen (secondary N) is 1. The van der Waals surface area contributed by atoms with E-state index in [-0.39, 0.29) is 0 Å². The predicted molar refractivity (Wildman–Crippen MR) is 54.1 cm³/mol. The maximum Gasteiger partial charge on any atom is 0.0177 e. The first kappa shape index (κ1) is 10.4. The van der Waals surface area contributed by atoms with Crippen LogP contribution in [0.3, 0.4) is 0 Å². The lowest BCUT2D eigenvalue weighted by Gasteiger charge is -1.77. The molecule has 0 fully saturated rings. The average Bonchev–Trinajstić information content (AvgIpc) is 2.10. The van der Waals surface area contributed by atoms with E-state index < -0.39 is 0 Å². The van der Waals surface area contributed by atoms with Gasteiger partial charge in [-0.05, 0) is 24.8 Å². The average molecular weight is 162 g/mol. The molecular weight excluding hydrogens is 148 g/mol. The summed E-state index contributed by atoms with van der Waals surface area (Å²) in [6, 6.07) is 0. The number of hydrogen-bond donors (Lipinski definition) is 2. The third kappa shape index (κ3) is 8.43. The second kappa shape index (κ2) is 9.43.